The Hall–Kier alpha value is -0.610. The zero-order chi connectivity index (χ0) is 12.8. The van der Waals surface area contributed by atoms with Crippen LogP contribution in [0.2, 0.25) is 0 Å². The van der Waals surface area contributed by atoms with Crippen molar-refractivity contribution in [2.24, 2.45) is 0 Å². The van der Waals surface area contributed by atoms with E-state index in [-0.39, 0.29) is 11.4 Å². The lowest BCUT2D eigenvalue weighted by atomic mass is 9.90. The number of likely N-dealkylation sites (tertiary alicyclic amines) is 1. The third-order valence-corrected chi connectivity index (χ3v) is 4.28. The minimum absolute atomic E-state index is 0.180. The van der Waals surface area contributed by atoms with Gasteiger partial charge in [0.15, 0.2) is 0 Å². The second kappa shape index (κ2) is 6.53. The minimum atomic E-state index is -0.333. The molecular weight excluding hydrogens is 226 g/mol. The first-order chi connectivity index (χ1) is 8.71. The van der Waals surface area contributed by atoms with Gasteiger partial charge in [0.05, 0.1) is 5.54 Å². The van der Waals surface area contributed by atoms with Crippen LogP contribution in [0.25, 0.3) is 0 Å². The van der Waals surface area contributed by atoms with Gasteiger partial charge in [-0.1, -0.05) is 6.42 Å². The van der Waals surface area contributed by atoms with E-state index in [0.29, 0.717) is 0 Å². The summed E-state index contributed by atoms with van der Waals surface area (Å²) in [5.41, 5.74) is -0.333. The lowest BCUT2D eigenvalue weighted by Gasteiger charge is -2.34. The highest BCUT2D eigenvalue weighted by Crippen LogP contribution is 2.18. The number of piperidine rings is 2. The maximum atomic E-state index is 12.2. The third kappa shape index (κ3) is 3.69. The molecule has 2 heterocycles. The molecule has 0 aromatic heterocycles. The van der Waals surface area contributed by atoms with Crippen molar-refractivity contribution in [3.05, 3.63) is 0 Å². The molecule has 2 N–H and O–H groups in total. The number of nitrogens with one attached hydrogen (secondary N) is 2. The van der Waals surface area contributed by atoms with E-state index in [1.165, 1.54) is 38.8 Å². The lowest BCUT2D eigenvalue weighted by Crippen LogP contribution is -2.57. The second-order valence-electron chi connectivity index (χ2n) is 5.87. The summed E-state index contributed by atoms with van der Waals surface area (Å²) in [5.74, 6) is 0.180. The highest BCUT2D eigenvalue weighted by Gasteiger charge is 2.33. The molecule has 1 unspecified atom stereocenters. The Morgan fingerprint density at radius 1 is 1.22 bits per heavy atom. The fourth-order valence-electron chi connectivity index (χ4n) is 2.96. The Morgan fingerprint density at radius 2 is 2.00 bits per heavy atom. The largest absolute Gasteiger partial charge is 0.353 e. The summed E-state index contributed by atoms with van der Waals surface area (Å²) in [6.45, 7) is 7.19. The molecule has 2 rings (SSSR count). The van der Waals surface area contributed by atoms with Crippen LogP contribution < -0.4 is 10.6 Å². The van der Waals surface area contributed by atoms with Crippen LogP contribution in [0.15, 0.2) is 0 Å². The predicted octanol–water partition coefficient (Wildman–Crippen LogP) is 1.12. The second-order valence-corrected chi connectivity index (χ2v) is 5.87. The average molecular weight is 253 g/mol. The molecular formula is C14H27N3O. The summed E-state index contributed by atoms with van der Waals surface area (Å²) in [7, 11) is 0. The SMILES string of the molecule is CC1(C(=O)NCCN2CCCCC2)CCCCN1. The molecule has 104 valence electrons. The molecule has 1 atom stereocenters. The maximum Gasteiger partial charge on any atom is 0.240 e. The van der Waals surface area contributed by atoms with Crippen molar-refractivity contribution in [3.63, 3.8) is 0 Å². The molecule has 2 saturated heterocycles. The van der Waals surface area contributed by atoms with Gasteiger partial charge in [-0.05, 0) is 58.7 Å². The Bertz CT molecular complexity index is 268. The Kier molecular flexibility index (Phi) is 5.01. The van der Waals surface area contributed by atoms with Crippen molar-refractivity contribution in [1.29, 1.82) is 0 Å². The first-order valence-corrected chi connectivity index (χ1v) is 7.46. The van der Waals surface area contributed by atoms with E-state index in [9.17, 15) is 4.79 Å². The molecule has 2 aliphatic rings. The number of hydrogen-bond acceptors (Lipinski definition) is 3. The smallest absolute Gasteiger partial charge is 0.240 e. The third-order valence-electron chi connectivity index (χ3n) is 4.28. The van der Waals surface area contributed by atoms with Crippen molar-refractivity contribution < 1.29 is 4.79 Å². The van der Waals surface area contributed by atoms with E-state index in [1.807, 2.05) is 6.92 Å². The summed E-state index contributed by atoms with van der Waals surface area (Å²) in [5, 5.41) is 6.46. The monoisotopic (exact) mass is 253 g/mol. The Balaban J connectivity index is 1.67. The van der Waals surface area contributed by atoms with E-state index in [4.69, 9.17) is 0 Å². The zero-order valence-corrected chi connectivity index (χ0v) is 11.6. The molecule has 4 heteroatoms. The quantitative estimate of drug-likeness (QED) is 0.789. The van der Waals surface area contributed by atoms with Gasteiger partial charge in [-0.3, -0.25) is 4.79 Å². The topological polar surface area (TPSA) is 44.4 Å². The number of carbonyl (C=O) groups excluding carboxylic acids is 1. The van der Waals surface area contributed by atoms with Crippen LogP contribution in [0.4, 0.5) is 0 Å². The molecule has 0 spiro atoms. The van der Waals surface area contributed by atoms with Crippen LogP contribution in [0.3, 0.4) is 0 Å². The molecule has 0 aromatic carbocycles. The van der Waals surface area contributed by atoms with E-state index in [2.05, 4.69) is 15.5 Å². The maximum absolute atomic E-state index is 12.2. The zero-order valence-electron chi connectivity index (χ0n) is 11.6. The van der Waals surface area contributed by atoms with Crippen molar-refractivity contribution in [2.75, 3.05) is 32.7 Å². The van der Waals surface area contributed by atoms with Gasteiger partial charge in [0.25, 0.3) is 0 Å². The van der Waals surface area contributed by atoms with Crippen LogP contribution in [-0.4, -0.2) is 49.1 Å². The number of rotatable bonds is 4. The molecule has 1 amide bonds. The van der Waals surface area contributed by atoms with Crippen molar-refractivity contribution >= 4 is 5.91 Å². The number of carbonyl (C=O) groups is 1. The van der Waals surface area contributed by atoms with Gasteiger partial charge in [0.1, 0.15) is 0 Å². The fraction of sp³-hybridized carbons (Fsp3) is 0.929. The summed E-state index contributed by atoms with van der Waals surface area (Å²) >= 11 is 0. The van der Waals surface area contributed by atoms with Crippen molar-refractivity contribution in [2.45, 2.75) is 51.0 Å². The molecule has 4 nitrogen and oxygen atoms in total. The first-order valence-electron chi connectivity index (χ1n) is 7.46. The first kappa shape index (κ1) is 13.8. The average Bonchev–Trinajstić information content (AvgIpc) is 2.41. The summed E-state index contributed by atoms with van der Waals surface area (Å²) in [6.07, 6.45) is 7.30. The van der Waals surface area contributed by atoms with Gasteiger partial charge >= 0.3 is 0 Å². The number of amides is 1. The molecule has 0 radical (unpaired) electrons. The van der Waals surface area contributed by atoms with Gasteiger partial charge in [-0.2, -0.15) is 0 Å². The Morgan fingerprint density at radius 3 is 2.67 bits per heavy atom. The Labute approximate surface area is 110 Å². The normalized spacial score (nSPS) is 30.1. The van der Waals surface area contributed by atoms with Crippen LogP contribution in [-0.2, 0) is 4.79 Å². The van der Waals surface area contributed by atoms with Crippen molar-refractivity contribution in [1.82, 2.24) is 15.5 Å². The minimum Gasteiger partial charge on any atom is -0.353 e. The van der Waals surface area contributed by atoms with Crippen LogP contribution in [0.1, 0.15) is 45.4 Å². The van der Waals surface area contributed by atoms with Gasteiger partial charge in [0, 0.05) is 13.1 Å². The highest BCUT2D eigenvalue weighted by atomic mass is 16.2. The summed E-state index contributed by atoms with van der Waals surface area (Å²) in [6, 6.07) is 0. The molecule has 0 bridgehead atoms. The summed E-state index contributed by atoms with van der Waals surface area (Å²) in [4.78, 5) is 14.6. The van der Waals surface area contributed by atoms with Crippen LogP contribution in [0.5, 0.6) is 0 Å². The van der Waals surface area contributed by atoms with Crippen LogP contribution >= 0.6 is 0 Å². The van der Waals surface area contributed by atoms with E-state index in [1.54, 1.807) is 0 Å². The van der Waals surface area contributed by atoms with Gasteiger partial charge in [-0.25, -0.2) is 0 Å². The van der Waals surface area contributed by atoms with E-state index in [0.717, 1.165) is 32.5 Å². The van der Waals surface area contributed by atoms with Crippen LogP contribution in [0, 0.1) is 0 Å². The van der Waals surface area contributed by atoms with Crippen molar-refractivity contribution in [3.8, 4) is 0 Å². The predicted molar refractivity (Wildman–Crippen MR) is 73.6 cm³/mol. The highest BCUT2D eigenvalue weighted by molar-refractivity contribution is 5.85. The summed E-state index contributed by atoms with van der Waals surface area (Å²) < 4.78 is 0. The van der Waals surface area contributed by atoms with Gasteiger partial charge in [-0.15, -0.1) is 0 Å². The molecule has 0 saturated carbocycles. The number of nitrogens with zero attached hydrogens (tertiary/aromatic N) is 1. The van der Waals surface area contributed by atoms with E-state index >= 15 is 0 Å². The van der Waals surface area contributed by atoms with Gasteiger partial charge < -0.3 is 15.5 Å². The molecule has 18 heavy (non-hydrogen) atoms. The van der Waals surface area contributed by atoms with Gasteiger partial charge in [0.2, 0.25) is 5.91 Å². The van der Waals surface area contributed by atoms with E-state index < -0.39 is 0 Å². The molecule has 2 fully saturated rings. The lowest BCUT2D eigenvalue weighted by molar-refractivity contribution is -0.128. The molecule has 0 aliphatic carbocycles. The molecule has 0 aromatic rings. The fourth-order valence-corrected chi connectivity index (χ4v) is 2.96. The number of hydrogen-bond donors (Lipinski definition) is 2. The standard InChI is InChI=1S/C14H27N3O/c1-14(7-3-4-8-16-14)13(18)15-9-12-17-10-5-2-6-11-17/h16H,2-12H2,1H3,(H,15,18). The molecule has 2 aliphatic heterocycles.